The molecule has 0 saturated carbocycles. The van der Waals surface area contributed by atoms with E-state index in [-0.39, 0.29) is 31.3 Å². The molecule has 29 heavy (non-hydrogen) atoms. The molecular formula is C22H17Cl2O3PS. The molecule has 0 aliphatic rings. The van der Waals surface area contributed by atoms with Crippen LogP contribution in [0.3, 0.4) is 0 Å². The second-order valence-corrected chi connectivity index (χ2v) is 10.4. The molecule has 0 amide bonds. The standard InChI is InChI=1S/C22H17Cl2O3PS/c1-14-8-6-12-17(24)20(14)28(26,22(29)15-9-4-3-5-10-15)21(25)19-16(23)11-7-13-18(19)27-2/h3-13H,1-2H3. The summed E-state index contributed by atoms with van der Waals surface area (Å²) in [5.41, 5.74) is 0.450. The fourth-order valence-corrected chi connectivity index (χ4v) is 7.27. The summed E-state index contributed by atoms with van der Waals surface area (Å²) in [7, 11) is -2.62. The van der Waals surface area contributed by atoms with E-state index in [0.29, 0.717) is 11.1 Å². The van der Waals surface area contributed by atoms with Gasteiger partial charge in [-0.25, -0.2) is 0 Å². The van der Waals surface area contributed by atoms with Gasteiger partial charge in [-0.3, -0.25) is 4.79 Å². The Morgan fingerprint density at radius 2 is 1.55 bits per heavy atom. The minimum absolute atomic E-state index is 0.0256. The molecule has 3 aromatic carbocycles. The van der Waals surface area contributed by atoms with Crippen molar-refractivity contribution < 1.29 is 14.1 Å². The molecule has 1 unspecified atom stereocenters. The van der Waals surface area contributed by atoms with Crippen LogP contribution in [0.5, 0.6) is 5.75 Å². The Balaban J connectivity index is 2.35. The quantitative estimate of drug-likeness (QED) is 0.309. The number of benzene rings is 3. The predicted octanol–water partition coefficient (Wildman–Crippen LogP) is 6.51. The predicted molar refractivity (Wildman–Crippen MR) is 124 cm³/mol. The van der Waals surface area contributed by atoms with Gasteiger partial charge in [0.2, 0.25) is 12.7 Å². The maximum absolute atomic E-state index is 14.6. The van der Waals surface area contributed by atoms with Crippen LogP contribution >= 0.6 is 42.6 Å². The highest BCUT2D eigenvalue weighted by molar-refractivity contribution is 8.13. The van der Waals surface area contributed by atoms with Crippen molar-refractivity contribution in [3.05, 3.63) is 93.5 Å². The summed E-state index contributed by atoms with van der Waals surface area (Å²) in [6, 6.07) is 18.7. The fraction of sp³-hybridized carbons (Fsp3) is 0.0909. The number of carbonyl (C=O) groups excluding carboxylic acids is 1. The average molecular weight is 463 g/mol. The van der Waals surface area contributed by atoms with E-state index in [9.17, 15) is 9.36 Å². The molecule has 0 fully saturated rings. The summed E-state index contributed by atoms with van der Waals surface area (Å²) >= 11 is 18.4. The number of halogens is 2. The van der Waals surface area contributed by atoms with E-state index in [1.54, 1.807) is 67.6 Å². The number of rotatable bonds is 6. The van der Waals surface area contributed by atoms with E-state index in [4.69, 9.17) is 40.2 Å². The Kier molecular flexibility index (Phi) is 6.60. The van der Waals surface area contributed by atoms with Gasteiger partial charge in [-0.05, 0) is 36.2 Å². The van der Waals surface area contributed by atoms with Gasteiger partial charge >= 0.3 is 0 Å². The first-order valence-electron chi connectivity index (χ1n) is 8.65. The van der Waals surface area contributed by atoms with Crippen LogP contribution in [0.1, 0.15) is 21.5 Å². The fourth-order valence-electron chi connectivity index (χ4n) is 3.12. The third-order valence-corrected chi connectivity index (χ3v) is 9.12. The SMILES string of the molecule is COc1cccc(Cl)c1C(=O)P(=O)(C(=S)c1ccccc1)c1c(C)cccc1Cl. The minimum atomic E-state index is -4.04. The first-order chi connectivity index (χ1) is 13.8. The molecule has 0 aliphatic heterocycles. The molecule has 3 aromatic rings. The molecule has 0 aliphatic carbocycles. The van der Waals surface area contributed by atoms with Gasteiger partial charge in [0.25, 0.3) is 0 Å². The number of carbonyl (C=O) groups is 1. The van der Waals surface area contributed by atoms with Crippen LogP contribution in [0.4, 0.5) is 0 Å². The van der Waals surface area contributed by atoms with Crippen LogP contribution in [0.2, 0.25) is 10.0 Å². The van der Waals surface area contributed by atoms with E-state index in [0.717, 1.165) is 0 Å². The number of ether oxygens (including phenoxy) is 1. The number of hydrogen-bond donors (Lipinski definition) is 0. The Morgan fingerprint density at radius 3 is 2.17 bits per heavy atom. The monoisotopic (exact) mass is 462 g/mol. The number of thiocarbonyl (C=S) groups is 1. The van der Waals surface area contributed by atoms with Gasteiger partial charge in [-0.2, -0.15) is 0 Å². The second-order valence-electron chi connectivity index (χ2n) is 6.31. The van der Waals surface area contributed by atoms with Gasteiger partial charge in [0.05, 0.1) is 27.3 Å². The molecule has 0 saturated heterocycles. The summed E-state index contributed by atoms with van der Waals surface area (Å²) in [6.07, 6.45) is 0. The van der Waals surface area contributed by atoms with Crippen LogP contribution < -0.4 is 10.0 Å². The van der Waals surface area contributed by atoms with Crippen LogP contribution in [0, 0.1) is 6.92 Å². The van der Waals surface area contributed by atoms with Crippen LogP contribution in [0.25, 0.3) is 0 Å². The second kappa shape index (κ2) is 8.81. The van der Waals surface area contributed by atoms with Gasteiger partial charge in [0.1, 0.15) is 5.75 Å². The molecule has 0 spiro atoms. The summed E-state index contributed by atoms with van der Waals surface area (Å²) < 4.78 is 19.9. The van der Waals surface area contributed by atoms with Crippen molar-refractivity contribution in [2.75, 3.05) is 7.11 Å². The molecule has 148 valence electrons. The number of methoxy groups -OCH3 is 1. The summed E-state index contributed by atoms with van der Waals surface area (Å²) in [5, 5.41) is 0.573. The van der Waals surface area contributed by atoms with Crippen LogP contribution in [-0.4, -0.2) is 17.2 Å². The van der Waals surface area contributed by atoms with Crippen molar-refractivity contribution >= 4 is 58.0 Å². The zero-order valence-corrected chi connectivity index (χ0v) is 18.9. The zero-order chi connectivity index (χ0) is 21.2. The Morgan fingerprint density at radius 1 is 0.931 bits per heavy atom. The molecule has 0 heterocycles. The van der Waals surface area contributed by atoms with Gasteiger partial charge < -0.3 is 9.30 Å². The lowest BCUT2D eigenvalue weighted by atomic mass is 10.2. The van der Waals surface area contributed by atoms with E-state index in [2.05, 4.69) is 0 Å². The van der Waals surface area contributed by atoms with Crippen LogP contribution in [0.15, 0.2) is 66.7 Å². The molecule has 3 rings (SSSR count). The number of aryl methyl sites for hydroxylation is 1. The van der Waals surface area contributed by atoms with Crippen molar-refractivity contribution in [3.63, 3.8) is 0 Å². The highest BCUT2D eigenvalue weighted by Gasteiger charge is 2.44. The largest absolute Gasteiger partial charge is 0.496 e. The van der Waals surface area contributed by atoms with E-state index < -0.39 is 12.7 Å². The van der Waals surface area contributed by atoms with Crippen molar-refractivity contribution in [1.29, 1.82) is 0 Å². The van der Waals surface area contributed by atoms with Crippen molar-refractivity contribution in [3.8, 4) is 5.75 Å². The molecule has 0 aromatic heterocycles. The van der Waals surface area contributed by atoms with Gasteiger partial charge in [0, 0.05) is 5.30 Å². The van der Waals surface area contributed by atoms with E-state index in [1.165, 1.54) is 7.11 Å². The lowest BCUT2D eigenvalue weighted by molar-refractivity contribution is 0.107. The topological polar surface area (TPSA) is 43.4 Å². The van der Waals surface area contributed by atoms with Gasteiger partial charge in [-0.15, -0.1) is 0 Å². The minimum Gasteiger partial charge on any atom is -0.496 e. The highest BCUT2D eigenvalue weighted by atomic mass is 35.5. The van der Waals surface area contributed by atoms with Crippen molar-refractivity contribution in [2.24, 2.45) is 0 Å². The smallest absolute Gasteiger partial charge is 0.236 e. The Labute approximate surface area is 185 Å². The zero-order valence-electron chi connectivity index (χ0n) is 15.7. The normalized spacial score (nSPS) is 12.8. The third kappa shape index (κ3) is 3.91. The Hall–Kier alpha value is -1.97. The molecule has 3 nitrogen and oxygen atoms in total. The van der Waals surface area contributed by atoms with E-state index >= 15 is 0 Å². The summed E-state index contributed by atoms with van der Waals surface area (Å²) in [6.45, 7) is 1.75. The lowest BCUT2D eigenvalue weighted by Gasteiger charge is -2.23. The Bertz CT molecular complexity index is 1130. The maximum atomic E-state index is 14.6. The van der Waals surface area contributed by atoms with Gasteiger partial charge in [-0.1, -0.05) is 84.0 Å². The average Bonchev–Trinajstić information content (AvgIpc) is 2.72. The lowest BCUT2D eigenvalue weighted by Crippen LogP contribution is -2.23. The maximum Gasteiger partial charge on any atom is 0.236 e. The van der Waals surface area contributed by atoms with E-state index in [1.807, 2.05) is 6.07 Å². The molecule has 0 bridgehead atoms. The van der Waals surface area contributed by atoms with Gasteiger partial charge in [0.15, 0.2) is 0 Å². The van der Waals surface area contributed by atoms with Crippen molar-refractivity contribution in [1.82, 2.24) is 0 Å². The highest BCUT2D eigenvalue weighted by Crippen LogP contribution is 2.55. The first kappa shape index (κ1) is 21.7. The molecule has 7 heteroatoms. The molecular weight excluding hydrogens is 446 g/mol. The number of hydrogen-bond acceptors (Lipinski definition) is 4. The summed E-state index contributed by atoms with van der Waals surface area (Å²) in [5.74, 6) is 0.225. The third-order valence-electron chi connectivity index (χ3n) is 4.51. The van der Waals surface area contributed by atoms with Crippen molar-refractivity contribution in [2.45, 2.75) is 6.92 Å². The molecule has 1 atom stereocenters. The summed E-state index contributed by atoms with van der Waals surface area (Å²) in [4.78, 5) is 13.8. The first-order valence-corrected chi connectivity index (χ1v) is 11.5. The molecule has 0 radical (unpaired) electrons. The molecule has 0 N–H and O–H groups in total. The van der Waals surface area contributed by atoms with Crippen LogP contribution in [-0.2, 0) is 4.57 Å².